The van der Waals surface area contributed by atoms with Crippen LogP contribution < -0.4 is 5.32 Å². The molecule has 5 rings (SSSR count). The Hall–Kier alpha value is -3.97. The molecule has 2 N–H and O–H groups in total. The largest absolute Gasteiger partial charge is 0.394 e. The van der Waals surface area contributed by atoms with Crippen molar-refractivity contribution >= 4 is 29.1 Å². The van der Waals surface area contributed by atoms with E-state index < -0.39 is 0 Å². The first kappa shape index (κ1) is 25.7. The van der Waals surface area contributed by atoms with Crippen LogP contribution in [-0.4, -0.2) is 38.4 Å². The third-order valence-electron chi connectivity index (χ3n) is 6.14. The summed E-state index contributed by atoms with van der Waals surface area (Å²) in [5, 5.41) is 18.4. The lowest BCUT2D eigenvalue weighted by molar-refractivity contribution is 0.0916. The molecule has 0 fully saturated rings. The first-order valence-electron chi connectivity index (χ1n) is 12.0. The van der Waals surface area contributed by atoms with Crippen LogP contribution in [0.4, 0.5) is 0 Å². The number of aliphatic hydroxyl groups is 1. The van der Waals surface area contributed by atoms with E-state index in [0.29, 0.717) is 22.0 Å². The highest BCUT2D eigenvalue weighted by atomic mass is 35.5. The number of nitrogens with zero attached hydrogens (tertiary/aromatic N) is 3. The van der Waals surface area contributed by atoms with E-state index in [9.17, 15) is 9.90 Å². The second-order valence-electron chi connectivity index (χ2n) is 8.79. The molecule has 1 amide bonds. The Kier molecular flexibility index (Phi) is 7.84. The average Bonchev–Trinajstić information content (AvgIpc) is 3.41. The Morgan fingerprint density at radius 3 is 2.37 bits per heavy atom. The van der Waals surface area contributed by atoms with Gasteiger partial charge in [0.1, 0.15) is 0 Å². The molecule has 0 saturated heterocycles. The summed E-state index contributed by atoms with van der Waals surface area (Å²) >= 11 is 12.4. The first-order chi connectivity index (χ1) is 18.5. The number of amides is 1. The topological polar surface area (TPSA) is 80.0 Å². The Labute approximate surface area is 230 Å². The van der Waals surface area contributed by atoms with E-state index in [1.807, 2.05) is 66.7 Å². The summed E-state index contributed by atoms with van der Waals surface area (Å²) < 4.78 is 1.79. The lowest BCUT2D eigenvalue weighted by atomic mass is 10.0. The zero-order valence-corrected chi connectivity index (χ0v) is 21.8. The average molecular weight is 543 g/mol. The SMILES string of the molecule is O=C(N[C@H](CO)Cc1ccccc1)c1ccc(-c2cc(-c3cccnc3)nn2-c2ccc(Cl)c(Cl)c2)cc1. The van der Waals surface area contributed by atoms with Crippen molar-refractivity contribution in [3.8, 4) is 28.2 Å². The minimum absolute atomic E-state index is 0.154. The van der Waals surface area contributed by atoms with Crippen molar-refractivity contribution in [2.45, 2.75) is 12.5 Å². The molecule has 8 heteroatoms. The van der Waals surface area contributed by atoms with Crippen LogP contribution in [0.5, 0.6) is 0 Å². The molecular formula is C30H24Cl2N4O2. The van der Waals surface area contributed by atoms with Gasteiger partial charge in [-0.05, 0) is 60.5 Å². The first-order valence-corrected chi connectivity index (χ1v) is 12.8. The molecule has 0 aliphatic carbocycles. The number of aromatic nitrogens is 3. The molecule has 0 radical (unpaired) electrons. The molecule has 1 atom stereocenters. The third-order valence-corrected chi connectivity index (χ3v) is 6.88. The molecule has 0 aliphatic heterocycles. The summed E-state index contributed by atoms with van der Waals surface area (Å²) in [7, 11) is 0. The number of halogens is 2. The van der Waals surface area contributed by atoms with E-state index in [4.69, 9.17) is 28.3 Å². The number of hydrogen-bond donors (Lipinski definition) is 2. The fourth-order valence-electron chi connectivity index (χ4n) is 4.18. The standard InChI is InChI=1S/C30H24Cl2N4O2/c31-26-13-12-25(16-27(26)32)36-29(17-28(35-36)23-7-4-14-33-18-23)21-8-10-22(11-9-21)30(38)34-24(19-37)15-20-5-2-1-3-6-20/h1-14,16-18,24,37H,15,19H2,(H,34,38)/t24-/m0/s1. The summed E-state index contributed by atoms with van der Waals surface area (Å²) in [6.45, 7) is -0.154. The van der Waals surface area contributed by atoms with Gasteiger partial charge in [-0.1, -0.05) is 65.7 Å². The van der Waals surface area contributed by atoms with Gasteiger partial charge in [-0.2, -0.15) is 5.10 Å². The third kappa shape index (κ3) is 5.78. The Bertz CT molecular complexity index is 1540. The maximum Gasteiger partial charge on any atom is 0.251 e. The predicted molar refractivity (Wildman–Crippen MR) is 151 cm³/mol. The maximum atomic E-state index is 12.9. The number of carbonyl (C=O) groups is 1. The highest BCUT2D eigenvalue weighted by Gasteiger charge is 2.17. The van der Waals surface area contributed by atoms with Crippen molar-refractivity contribution in [2.24, 2.45) is 0 Å². The van der Waals surface area contributed by atoms with Crippen molar-refractivity contribution in [1.29, 1.82) is 0 Å². The lowest BCUT2D eigenvalue weighted by Crippen LogP contribution is -2.39. The van der Waals surface area contributed by atoms with Crippen molar-refractivity contribution in [1.82, 2.24) is 20.1 Å². The van der Waals surface area contributed by atoms with E-state index >= 15 is 0 Å². The summed E-state index contributed by atoms with van der Waals surface area (Å²) in [4.78, 5) is 17.1. The minimum atomic E-state index is -0.386. The van der Waals surface area contributed by atoms with Crippen molar-refractivity contribution < 1.29 is 9.90 Å². The van der Waals surface area contributed by atoms with Crippen molar-refractivity contribution in [3.05, 3.63) is 125 Å². The monoisotopic (exact) mass is 542 g/mol. The molecule has 3 aromatic carbocycles. The van der Waals surface area contributed by atoms with Gasteiger partial charge in [0.15, 0.2) is 0 Å². The van der Waals surface area contributed by atoms with Crippen LogP contribution >= 0.6 is 23.2 Å². The summed E-state index contributed by atoms with van der Waals surface area (Å²) in [6, 6.07) is 27.7. The molecule has 38 heavy (non-hydrogen) atoms. The van der Waals surface area contributed by atoms with Gasteiger partial charge in [-0.25, -0.2) is 4.68 Å². The van der Waals surface area contributed by atoms with Crippen LogP contribution in [0.2, 0.25) is 10.0 Å². The number of carbonyl (C=O) groups excluding carboxylic acids is 1. The van der Waals surface area contributed by atoms with E-state index in [0.717, 1.165) is 33.8 Å². The maximum absolute atomic E-state index is 12.9. The van der Waals surface area contributed by atoms with E-state index in [2.05, 4.69) is 10.3 Å². The summed E-state index contributed by atoms with van der Waals surface area (Å²) in [5.74, 6) is -0.249. The zero-order chi connectivity index (χ0) is 26.5. The van der Waals surface area contributed by atoms with Crippen LogP contribution in [0.25, 0.3) is 28.2 Å². The van der Waals surface area contributed by atoms with Gasteiger partial charge in [0.25, 0.3) is 5.91 Å². The normalized spacial score (nSPS) is 11.8. The zero-order valence-electron chi connectivity index (χ0n) is 20.3. The van der Waals surface area contributed by atoms with Gasteiger partial charge in [-0.15, -0.1) is 0 Å². The number of hydrogen-bond acceptors (Lipinski definition) is 4. The number of pyridine rings is 1. The fraction of sp³-hybridized carbons (Fsp3) is 0.100. The van der Waals surface area contributed by atoms with Crippen LogP contribution in [-0.2, 0) is 6.42 Å². The molecule has 0 spiro atoms. The van der Waals surface area contributed by atoms with E-state index in [-0.39, 0.29) is 18.6 Å². The highest BCUT2D eigenvalue weighted by Crippen LogP contribution is 2.31. The second-order valence-corrected chi connectivity index (χ2v) is 9.60. The molecule has 0 bridgehead atoms. The van der Waals surface area contributed by atoms with Crippen molar-refractivity contribution in [2.75, 3.05) is 6.61 Å². The smallest absolute Gasteiger partial charge is 0.251 e. The van der Waals surface area contributed by atoms with Crippen LogP contribution in [0.15, 0.2) is 103 Å². The van der Waals surface area contributed by atoms with E-state index in [1.165, 1.54) is 0 Å². The van der Waals surface area contributed by atoms with Gasteiger partial charge in [0.2, 0.25) is 0 Å². The molecule has 0 saturated carbocycles. The quantitative estimate of drug-likeness (QED) is 0.243. The number of benzene rings is 3. The van der Waals surface area contributed by atoms with Crippen LogP contribution in [0.3, 0.4) is 0 Å². The molecule has 190 valence electrons. The minimum Gasteiger partial charge on any atom is -0.394 e. The molecule has 0 unspecified atom stereocenters. The van der Waals surface area contributed by atoms with Gasteiger partial charge < -0.3 is 10.4 Å². The Balaban J connectivity index is 1.43. The molecule has 0 aliphatic rings. The number of nitrogens with one attached hydrogen (secondary N) is 1. The van der Waals surface area contributed by atoms with Crippen LogP contribution in [0, 0.1) is 0 Å². The van der Waals surface area contributed by atoms with Gasteiger partial charge in [-0.3, -0.25) is 9.78 Å². The van der Waals surface area contributed by atoms with E-state index in [1.54, 1.807) is 41.3 Å². The highest BCUT2D eigenvalue weighted by molar-refractivity contribution is 6.42. The predicted octanol–water partition coefficient (Wildman–Crippen LogP) is 6.24. The lowest BCUT2D eigenvalue weighted by Gasteiger charge is -2.16. The molecule has 6 nitrogen and oxygen atoms in total. The number of rotatable bonds is 8. The summed E-state index contributed by atoms with van der Waals surface area (Å²) in [6.07, 6.45) is 4.01. The van der Waals surface area contributed by atoms with Gasteiger partial charge in [0, 0.05) is 29.1 Å². The molecule has 2 aromatic heterocycles. The van der Waals surface area contributed by atoms with Gasteiger partial charge >= 0.3 is 0 Å². The Morgan fingerprint density at radius 2 is 1.68 bits per heavy atom. The molecule has 2 heterocycles. The summed E-state index contributed by atoms with van der Waals surface area (Å²) in [5.41, 5.74) is 5.57. The fourth-order valence-corrected chi connectivity index (χ4v) is 4.47. The van der Waals surface area contributed by atoms with Crippen LogP contribution in [0.1, 0.15) is 15.9 Å². The molecular weight excluding hydrogens is 519 g/mol. The second kappa shape index (κ2) is 11.6. The Morgan fingerprint density at radius 1 is 0.895 bits per heavy atom. The van der Waals surface area contributed by atoms with Crippen molar-refractivity contribution in [3.63, 3.8) is 0 Å². The molecule has 5 aromatic rings. The van der Waals surface area contributed by atoms with Gasteiger partial charge in [0.05, 0.1) is 39.8 Å². The number of aliphatic hydroxyl groups excluding tert-OH is 1.